The van der Waals surface area contributed by atoms with E-state index in [0.717, 1.165) is 12.0 Å². The minimum atomic E-state index is -0.455. The van der Waals surface area contributed by atoms with Gasteiger partial charge in [-0.1, -0.05) is 74.3 Å². The number of amides is 1. The summed E-state index contributed by atoms with van der Waals surface area (Å²) < 4.78 is 10.7. The second-order valence-corrected chi connectivity index (χ2v) is 8.70. The molecule has 5 nitrogen and oxygen atoms in total. The summed E-state index contributed by atoms with van der Waals surface area (Å²) in [7, 11) is 1.32. The van der Waals surface area contributed by atoms with Crippen molar-refractivity contribution in [2.45, 2.75) is 38.5 Å². The number of hydrogen-bond acceptors (Lipinski definition) is 6. The molecular formula is C21H25NO4S2. The molecule has 7 heteroatoms. The third-order valence-corrected chi connectivity index (χ3v) is 6.52. The van der Waals surface area contributed by atoms with Crippen LogP contribution in [-0.4, -0.2) is 41.4 Å². The van der Waals surface area contributed by atoms with Crippen molar-refractivity contribution in [3.8, 4) is 5.75 Å². The summed E-state index contributed by atoms with van der Waals surface area (Å²) in [5.41, 5.74) is 0.735. The van der Waals surface area contributed by atoms with E-state index in [1.54, 1.807) is 17.0 Å². The predicted octanol–water partition coefficient (Wildman–Crippen LogP) is 4.41. The number of thioether (sulfide) groups is 1. The zero-order valence-corrected chi connectivity index (χ0v) is 17.7. The molecule has 1 amide bonds. The zero-order valence-electron chi connectivity index (χ0n) is 16.0. The Labute approximate surface area is 175 Å². The first-order valence-corrected chi connectivity index (χ1v) is 10.8. The molecule has 1 saturated carbocycles. The van der Waals surface area contributed by atoms with Crippen LogP contribution in [0, 0.1) is 5.92 Å². The van der Waals surface area contributed by atoms with E-state index >= 15 is 0 Å². The number of nitrogens with zero attached hydrogens (tertiary/aromatic N) is 1. The molecule has 0 bridgehead atoms. The lowest BCUT2D eigenvalue weighted by molar-refractivity contribution is -0.142. The van der Waals surface area contributed by atoms with Gasteiger partial charge in [-0.25, -0.2) is 4.79 Å². The van der Waals surface area contributed by atoms with E-state index in [1.165, 1.54) is 51.0 Å². The van der Waals surface area contributed by atoms with Crippen LogP contribution in [-0.2, 0) is 14.3 Å². The Hall–Kier alpha value is -1.86. The molecule has 1 heterocycles. The number of carbonyl (C=O) groups excluding carboxylic acids is 2. The molecule has 1 aromatic carbocycles. The van der Waals surface area contributed by atoms with Crippen molar-refractivity contribution in [2.75, 3.05) is 20.3 Å². The first kappa shape index (κ1) is 20.9. The summed E-state index contributed by atoms with van der Waals surface area (Å²) in [6.07, 6.45) is 9.24. The van der Waals surface area contributed by atoms with Gasteiger partial charge in [0.05, 0.1) is 12.0 Å². The zero-order chi connectivity index (χ0) is 19.9. The number of methoxy groups -OCH3 is 1. The van der Waals surface area contributed by atoms with Crippen LogP contribution >= 0.6 is 24.0 Å². The van der Waals surface area contributed by atoms with Crippen LogP contribution in [0.1, 0.15) is 44.1 Å². The Morgan fingerprint density at radius 3 is 2.79 bits per heavy atom. The van der Waals surface area contributed by atoms with Gasteiger partial charge in [0.1, 0.15) is 10.1 Å². The van der Waals surface area contributed by atoms with E-state index in [9.17, 15) is 9.59 Å². The van der Waals surface area contributed by atoms with Crippen LogP contribution in [0.2, 0.25) is 0 Å². The Bertz CT molecular complexity index is 771. The van der Waals surface area contributed by atoms with E-state index in [0.29, 0.717) is 27.4 Å². The van der Waals surface area contributed by atoms with E-state index in [-0.39, 0.29) is 12.5 Å². The average Bonchev–Trinajstić information content (AvgIpc) is 2.99. The van der Waals surface area contributed by atoms with Crippen molar-refractivity contribution in [1.29, 1.82) is 0 Å². The Morgan fingerprint density at radius 1 is 1.29 bits per heavy atom. The number of benzene rings is 1. The van der Waals surface area contributed by atoms with Crippen LogP contribution in [0.5, 0.6) is 5.75 Å². The molecule has 1 aliphatic carbocycles. The van der Waals surface area contributed by atoms with Gasteiger partial charge in [0.15, 0.2) is 6.61 Å². The molecule has 0 aromatic heterocycles. The number of para-hydroxylation sites is 1. The monoisotopic (exact) mass is 419 g/mol. The smallest absolute Gasteiger partial charge is 0.343 e. The molecule has 0 atom stereocenters. The van der Waals surface area contributed by atoms with Gasteiger partial charge in [-0.15, -0.1) is 0 Å². The van der Waals surface area contributed by atoms with Gasteiger partial charge in [0.25, 0.3) is 5.91 Å². The molecule has 0 spiro atoms. The third kappa shape index (κ3) is 5.35. The highest BCUT2D eigenvalue weighted by atomic mass is 32.2. The molecule has 1 saturated heterocycles. The van der Waals surface area contributed by atoms with Crippen molar-refractivity contribution in [3.63, 3.8) is 0 Å². The van der Waals surface area contributed by atoms with Gasteiger partial charge in [-0.3, -0.25) is 9.69 Å². The fourth-order valence-corrected chi connectivity index (χ4v) is 4.85. The SMILES string of the molecule is COC(=O)COc1ccccc1C=C1SC(=S)N(CCC2CCCCC2)C1=O. The van der Waals surface area contributed by atoms with Crippen molar-refractivity contribution in [2.24, 2.45) is 5.92 Å². The first-order valence-electron chi connectivity index (χ1n) is 9.62. The number of ether oxygens (including phenoxy) is 2. The van der Waals surface area contributed by atoms with Gasteiger partial charge >= 0.3 is 5.97 Å². The lowest BCUT2D eigenvalue weighted by Gasteiger charge is -2.23. The summed E-state index contributed by atoms with van der Waals surface area (Å²) in [6, 6.07) is 7.29. The van der Waals surface area contributed by atoms with Crippen LogP contribution in [0.4, 0.5) is 0 Å². The van der Waals surface area contributed by atoms with Crippen molar-refractivity contribution in [1.82, 2.24) is 4.90 Å². The fourth-order valence-electron chi connectivity index (χ4n) is 3.55. The van der Waals surface area contributed by atoms with Gasteiger partial charge in [-0.05, 0) is 24.5 Å². The lowest BCUT2D eigenvalue weighted by atomic mass is 9.87. The second-order valence-electron chi connectivity index (χ2n) is 7.03. The number of esters is 1. The molecular weight excluding hydrogens is 394 g/mol. The van der Waals surface area contributed by atoms with Gasteiger partial charge in [-0.2, -0.15) is 0 Å². The molecule has 2 aliphatic rings. The van der Waals surface area contributed by atoms with Crippen LogP contribution in [0.25, 0.3) is 6.08 Å². The number of hydrogen-bond donors (Lipinski definition) is 0. The number of thiocarbonyl (C=S) groups is 1. The summed E-state index contributed by atoms with van der Waals surface area (Å²) in [5.74, 6) is 0.729. The van der Waals surface area contributed by atoms with Crippen molar-refractivity contribution in [3.05, 3.63) is 34.7 Å². The maximum Gasteiger partial charge on any atom is 0.343 e. The van der Waals surface area contributed by atoms with Crippen LogP contribution in [0.3, 0.4) is 0 Å². The van der Waals surface area contributed by atoms with Gasteiger partial charge in [0, 0.05) is 12.1 Å². The van der Waals surface area contributed by atoms with Gasteiger partial charge < -0.3 is 9.47 Å². The molecule has 2 fully saturated rings. The molecule has 28 heavy (non-hydrogen) atoms. The highest BCUT2D eigenvalue weighted by Gasteiger charge is 2.32. The summed E-state index contributed by atoms with van der Waals surface area (Å²) >= 11 is 6.77. The number of rotatable bonds is 7. The third-order valence-electron chi connectivity index (χ3n) is 5.14. The average molecular weight is 420 g/mol. The highest BCUT2D eigenvalue weighted by Crippen LogP contribution is 2.35. The Kier molecular flexibility index (Phi) is 7.50. The molecule has 150 valence electrons. The molecule has 1 aliphatic heterocycles. The minimum Gasteiger partial charge on any atom is -0.481 e. The second kappa shape index (κ2) is 10.1. The maximum absolute atomic E-state index is 12.9. The van der Waals surface area contributed by atoms with E-state index < -0.39 is 5.97 Å². The van der Waals surface area contributed by atoms with E-state index in [4.69, 9.17) is 17.0 Å². The maximum atomic E-state index is 12.9. The van der Waals surface area contributed by atoms with Crippen molar-refractivity contribution >= 4 is 46.3 Å². The van der Waals surface area contributed by atoms with E-state index in [2.05, 4.69) is 4.74 Å². The van der Waals surface area contributed by atoms with Crippen LogP contribution in [0.15, 0.2) is 29.2 Å². The topological polar surface area (TPSA) is 55.8 Å². The van der Waals surface area contributed by atoms with Crippen molar-refractivity contribution < 1.29 is 19.1 Å². The normalized spacial score (nSPS) is 19.3. The Morgan fingerprint density at radius 2 is 2.04 bits per heavy atom. The predicted molar refractivity (Wildman–Crippen MR) is 115 cm³/mol. The van der Waals surface area contributed by atoms with Crippen LogP contribution < -0.4 is 4.74 Å². The minimum absolute atomic E-state index is 0.0476. The summed E-state index contributed by atoms with van der Waals surface area (Å²) in [6.45, 7) is 0.511. The fraction of sp³-hybridized carbons (Fsp3) is 0.476. The first-order chi connectivity index (χ1) is 13.6. The molecule has 0 radical (unpaired) electrons. The lowest BCUT2D eigenvalue weighted by Crippen LogP contribution is -2.30. The number of carbonyl (C=O) groups is 2. The summed E-state index contributed by atoms with van der Waals surface area (Å²) in [4.78, 5) is 26.5. The molecule has 0 unspecified atom stereocenters. The molecule has 1 aromatic rings. The Balaban J connectivity index is 1.67. The molecule has 0 N–H and O–H groups in total. The standard InChI is InChI=1S/C21H25NO4S2/c1-25-19(23)14-26-17-10-6-5-9-16(17)13-18-20(24)22(21(27)28-18)12-11-15-7-3-2-4-8-15/h5-6,9-10,13,15H,2-4,7-8,11-12,14H2,1H3. The molecule has 3 rings (SSSR count). The van der Waals surface area contributed by atoms with E-state index in [1.807, 2.05) is 18.2 Å². The highest BCUT2D eigenvalue weighted by molar-refractivity contribution is 8.26. The van der Waals surface area contributed by atoms with Gasteiger partial charge in [0.2, 0.25) is 0 Å². The summed E-state index contributed by atoms with van der Waals surface area (Å²) in [5, 5.41) is 0. The largest absolute Gasteiger partial charge is 0.481 e. The quantitative estimate of drug-likeness (QED) is 0.371.